The highest BCUT2D eigenvalue weighted by molar-refractivity contribution is 7.19. The van der Waals surface area contributed by atoms with Crippen LogP contribution in [0.3, 0.4) is 0 Å². The summed E-state index contributed by atoms with van der Waals surface area (Å²) >= 11 is 1.15. The molecular weight excluding hydrogens is 374 g/mol. The van der Waals surface area contributed by atoms with Gasteiger partial charge in [-0.3, -0.25) is 4.79 Å². The Morgan fingerprint density at radius 3 is 2.68 bits per heavy atom. The quantitative estimate of drug-likeness (QED) is 0.469. The molecule has 2 aromatic carbocycles. The molecule has 4 aromatic rings. The van der Waals surface area contributed by atoms with Crippen LogP contribution >= 0.6 is 11.3 Å². The van der Waals surface area contributed by atoms with Crippen molar-refractivity contribution in [3.63, 3.8) is 0 Å². The van der Waals surface area contributed by atoms with E-state index in [-0.39, 0.29) is 17.0 Å². The lowest BCUT2D eigenvalue weighted by atomic mass is 10.1. The van der Waals surface area contributed by atoms with E-state index < -0.39 is 0 Å². The van der Waals surface area contributed by atoms with Crippen molar-refractivity contribution in [2.24, 2.45) is 0 Å². The Morgan fingerprint density at radius 2 is 1.96 bits per heavy atom. The molecule has 0 aliphatic carbocycles. The number of nitrogens with two attached hydrogens (primary N) is 1. The topological polar surface area (TPSA) is 101 Å². The van der Waals surface area contributed by atoms with Gasteiger partial charge >= 0.3 is 0 Å². The van der Waals surface area contributed by atoms with Crippen LogP contribution in [0.15, 0.2) is 59.2 Å². The number of nitrogens with zero attached hydrogens (tertiary/aromatic N) is 1. The number of ketones is 1. The standard InChI is InChI=1S/C21H15N3O3S/c1-26-13-8-6-12(7-9-13)24-21-15(10-22)18(23)20(28-21)19(25)16-11-27-17-5-3-2-4-14(16)17/h2-9,11,24H,23H2,1H3. The Bertz CT molecular complexity index is 1220. The van der Waals surface area contributed by atoms with Crippen LogP contribution in [0.1, 0.15) is 20.8 Å². The van der Waals surface area contributed by atoms with Gasteiger partial charge in [-0.2, -0.15) is 5.26 Å². The molecule has 0 saturated carbocycles. The average Bonchev–Trinajstić information content (AvgIpc) is 3.29. The van der Waals surface area contributed by atoms with Crippen molar-refractivity contribution in [1.29, 1.82) is 5.26 Å². The summed E-state index contributed by atoms with van der Waals surface area (Å²) in [6.07, 6.45) is 1.43. The van der Waals surface area contributed by atoms with E-state index in [2.05, 4.69) is 11.4 Å². The van der Waals surface area contributed by atoms with Crippen molar-refractivity contribution in [2.75, 3.05) is 18.2 Å². The third kappa shape index (κ3) is 2.96. The van der Waals surface area contributed by atoms with Crippen molar-refractivity contribution in [2.45, 2.75) is 0 Å². The number of hydrogen-bond donors (Lipinski definition) is 2. The number of hydrogen-bond acceptors (Lipinski definition) is 7. The number of methoxy groups -OCH3 is 1. The van der Waals surface area contributed by atoms with E-state index >= 15 is 0 Å². The number of thiophene rings is 1. The lowest BCUT2D eigenvalue weighted by Crippen LogP contribution is -2.01. The minimum atomic E-state index is -0.272. The number of carbonyl (C=O) groups is 1. The van der Waals surface area contributed by atoms with Gasteiger partial charge in [-0.05, 0) is 30.3 Å². The lowest BCUT2D eigenvalue weighted by molar-refractivity contribution is 0.104. The summed E-state index contributed by atoms with van der Waals surface area (Å²) in [5, 5.41) is 13.9. The molecule has 0 aliphatic heterocycles. The maximum Gasteiger partial charge on any atom is 0.209 e. The Labute approximate surface area is 164 Å². The molecule has 0 atom stereocenters. The molecule has 0 amide bonds. The van der Waals surface area contributed by atoms with Gasteiger partial charge in [0, 0.05) is 11.1 Å². The Morgan fingerprint density at radius 1 is 1.21 bits per heavy atom. The first-order valence-electron chi connectivity index (χ1n) is 8.36. The normalized spacial score (nSPS) is 10.6. The van der Waals surface area contributed by atoms with E-state index in [1.54, 1.807) is 25.3 Å². The summed E-state index contributed by atoms with van der Waals surface area (Å²) < 4.78 is 10.6. The fourth-order valence-electron chi connectivity index (χ4n) is 2.89. The second-order valence-electron chi connectivity index (χ2n) is 5.99. The van der Waals surface area contributed by atoms with Crippen LogP contribution in [0.4, 0.5) is 16.4 Å². The van der Waals surface area contributed by atoms with Crippen molar-refractivity contribution < 1.29 is 13.9 Å². The number of fused-ring (bicyclic) bond motifs is 1. The van der Waals surface area contributed by atoms with Crippen LogP contribution in [-0.4, -0.2) is 12.9 Å². The number of anilines is 3. The highest BCUT2D eigenvalue weighted by Crippen LogP contribution is 2.39. The smallest absolute Gasteiger partial charge is 0.209 e. The van der Waals surface area contributed by atoms with E-state index in [9.17, 15) is 10.1 Å². The molecule has 138 valence electrons. The molecule has 2 heterocycles. The molecule has 0 radical (unpaired) electrons. The predicted octanol–water partition coefficient (Wildman–Crippen LogP) is 4.93. The van der Waals surface area contributed by atoms with Gasteiger partial charge in [0.15, 0.2) is 0 Å². The Hall–Kier alpha value is -3.76. The zero-order chi connectivity index (χ0) is 19.7. The molecule has 3 N–H and O–H groups in total. The summed E-state index contributed by atoms with van der Waals surface area (Å²) in [4.78, 5) is 13.4. The fraction of sp³-hybridized carbons (Fsp3) is 0.0476. The van der Waals surface area contributed by atoms with Crippen LogP contribution in [-0.2, 0) is 0 Å². The van der Waals surface area contributed by atoms with Crippen molar-refractivity contribution in [3.05, 3.63) is 70.8 Å². The van der Waals surface area contributed by atoms with Crippen LogP contribution in [0.25, 0.3) is 11.0 Å². The molecule has 0 fully saturated rings. The van der Waals surface area contributed by atoms with Crippen molar-refractivity contribution in [3.8, 4) is 11.8 Å². The lowest BCUT2D eigenvalue weighted by Gasteiger charge is -2.05. The summed E-state index contributed by atoms with van der Waals surface area (Å²) in [6, 6.07) is 16.6. The summed E-state index contributed by atoms with van der Waals surface area (Å²) in [6.45, 7) is 0. The summed E-state index contributed by atoms with van der Waals surface area (Å²) in [5.74, 6) is 0.450. The molecule has 0 aliphatic rings. The number of carbonyl (C=O) groups excluding carboxylic acids is 1. The zero-order valence-corrected chi connectivity index (χ0v) is 15.7. The minimum Gasteiger partial charge on any atom is -0.497 e. The van der Waals surface area contributed by atoms with Gasteiger partial charge in [0.2, 0.25) is 5.78 Å². The summed E-state index contributed by atoms with van der Waals surface area (Å²) in [5.41, 5.74) is 8.35. The van der Waals surface area contributed by atoms with Crippen LogP contribution in [0.2, 0.25) is 0 Å². The molecule has 6 nitrogen and oxygen atoms in total. The molecular formula is C21H15N3O3S. The first kappa shape index (κ1) is 17.6. The number of nitrogens with one attached hydrogen (secondary N) is 1. The number of para-hydroxylation sites is 1. The van der Waals surface area contributed by atoms with Gasteiger partial charge in [0.05, 0.1) is 18.4 Å². The number of ether oxygens (including phenoxy) is 1. The van der Waals surface area contributed by atoms with Crippen LogP contribution in [0.5, 0.6) is 5.75 Å². The first-order valence-corrected chi connectivity index (χ1v) is 9.18. The molecule has 28 heavy (non-hydrogen) atoms. The average molecular weight is 389 g/mol. The monoisotopic (exact) mass is 389 g/mol. The number of benzene rings is 2. The van der Waals surface area contributed by atoms with E-state index in [4.69, 9.17) is 14.9 Å². The van der Waals surface area contributed by atoms with Crippen LogP contribution < -0.4 is 15.8 Å². The van der Waals surface area contributed by atoms with Gasteiger partial charge in [0.1, 0.15) is 39.1 Å². The number of furan rings is 1. The second kappa shape index (κ2) is 7.10. The number of rotatable bonds is 5. The largest absolute Gasteiger partial charge is 0.497 e. The third-order valence-corrected chi connectivity index (χ3v) is 5.46. The molecule has 0 saturated heterocycles. The second-order valence-corrected chi connectivity index (χ2v) is 7.01. The van der Waals surface area contributed by atoms with Gasteiger partial charge in [-0.15, -0.1) is 11.3 Å². The number of nitriles is 1. The predicted molar refractivity (Wildman–Crippen MR) is 109 cm³/mol. The molecule has 0 unspecified atom stereocenters. The first-order chi connectivity index (χ1) is 13.6. The molecule has 0 bridgehead atoms. The minimum absolute atomic E-state index is 0.166. The summed E-state index contributed by atoms with van der Waals surface area (Å²) in [7, 11) is 1.59. The molecule has 4 rings (SSSR count). The molecule has 2 aromatic heterocycles. The number of nitrogen functional groups attached to an aromatic ring is 1. The van der Waals surface area contributed by atoms with E-state index in [1.807, 2.05) is 30.3 Å². The van der Waals surface area contributed by atoms with Crippen molar-refractivity contribution in [1.82, 2.24) is 0 Å². The van der Waals surface area contributed by atoms with E-state index in [1.165, 1.54) is 6.26 Å². The fourth-order valence-corrected chi connectivity index (χ4v) is 3.94. The highest BCUT2D eigenvalue weighted by atomic mass is 32.1. The maximum absolute atomic E-state index is 13.1. The Kier molecular flexibility index (Phi) is 4.47. The van der Waals surface area contributed by atoms with Gasteiger partial charge < -0.3 is 20.2 Å². The zero-order valence-electron chi connectivity index (χ0n) is 14.9. The van der Waals surface area contributed by atoms with Crippen molar-refractivity contribution >= 4 is 44.5 Å². The third-order valence-electron chi connectivity index (χ3n) is 4.34. The SMILES string of the molecule is COc1ccc(Nc2sc(C(=O)c3coc4ccccc34)c(N)c2C#N)cc1. The Balaban J connectivity index is 1.72. The van der Waals surface area contributed by atoms with Crippen LogP contribution in [0, 0.1) is 11.3 Å². The van der Waals surface area contributed by atoms with Gasteiger partial charge in [-0.1, -0.05) is 18.2 Å². The van der Waals surface area contributed by atoms with Gasteiger partial charge in [0.25, 0.3) is 0 Å². The van der Waals surface area contributed by atoms with Gasteiger partial charge in [-0.25, -0.2) is 0 Å². The maximum atomic E-state index is 13.1. The van der Waals surface area contributed by atoms with E-state index in [0.717, 1.165) is 22.8 Å². The highest BCUT2D eigenvalue weighted by Gasteiger charge is 2.24. The van der Waals surface area contributed by atoms with E-state index in [0.29, 0.717) is 26.4 Å². The molecule has 0 spiro atoms. The molecule has 7 heteroatoms.